The van der Waals surface area contributed by atoms with Gasteiger partial charge in [0, 0.05) is 5.39 Å². The van der Waals surface area contributed by atoms with E-state index in [0.29, 0.717) is 5.69 Å². The Morgan fingerprint density at radius 1 is 0.885 bits per heavy atom. The zero-order valence-corrected chi connectivity index (χ0v) is 16.2. The molecule has 4 rings (SSSR count). The van der Waals surface area contributed by atoms with Crippen LogP contribution in [0, 0.1) is 0 Å². The van der Waals surface area contributed by atoms with Gasteiger partial charge in [-0.05, 0) is 28.6 Å². The first-order valence-corrected chi connectivity index (χ1v) is 9.15. The lowest BCUT2D eigenvalue weighted by molar-refractivity contribution is 1.46. The zero-order valence-electron chi connectivity index (χ0n) is 13.2. The average Bonchev–Trinajstić information content (AvgIpc) is 3.05. The van der Waals surface area contributed by atoms with Crippen molar-refractivity contribution in [2.24, 2.45) is 10.7 Å². The van der Waals surface area contributed by atoms with Crippen molar-refractivity contribution in [3.8, 4) is 0 Å². The van der Waals surface area contributed by atoms with Crippen molar-refractivity contribution in [3.05, 3.63) is 67.6 Å². The predicted molar refractivity (Wildman–Crippen MR) is 114 cm³/mol. The van der Waals surface area contributed by atoms with Crippen LogP contribution in [0.2, 0.25) is 20.1 Å². The largest absolute Gasteiger partial charge is 0.369 e. The summed E-state index contributed by atoms with van der Waals surface area (Å²) in [6.07, 6.45) is 4.18. The number of rotatable bonds is 2. The molecule has 0 aromatic heterocycles. The van der Waals surface area contributed by atoms with Crippen LogP contribution >= 0.6 is 46.4 Å². The number of anilines is 1. The Balaban J connectivity index is 1.74. The highest BCUT2D eigenvalue weighted by atomic mass is 35.5. The maximum absolute atomic E-state index is 6.21. The molecule has 0 bridgehead atoms. The van der Waals surface area contributed by atoms with Gasteiger partial charge in [0.1, 0.15) is 0 Å². The van der Waals surface area contributed by atoms with Crippen molar-refractivity contribution in [1.29, 1.82) is 0 Å². The summed E-state index contributed by atoms with van der Waals surface area (Å²) in [5.41, 5.74) is 9.59. The van der Waals surface area contributed by atoms with E-state index in [2.05, 4.69) is 28.5 Å². The highest BCUT2D eigenvalue weighted by Crippen LogP contribution is 2.41. The Morgan fingerprint density at radius 2 is 1.62 bits per heavy atom. The van der Waals surface area contributed by atoms with Crippen LogP contribution in [-0.2, 0) is 0 Å². The third-order valence-electron chi connectivity index (χ3n) is 4.13. The van der Waals surface area contributed by atoms with E-state index in [-0.39, 0.29) is 26.1 Å². The van der Waals surface area contributed by atoms with Crippen molar-refractivity contribution in [2.75, 3.05) is 5.32 Å². The van der Waals surface area contributed by atoms with Crippen LogP contribution in [0.5, 0.6) is 0 Å². The Labute approximate surface area is 170 Å². The van der Waals surface area contributed by atoms with Gasteiger partial charge in [-0.2, -0.15) is 0 Å². The average molecular weight is 423 g/mol. The molecule has 3 aromatic carbocycles. The van der Waals surface area contributed by atoms with Crippen LogP contribution in [0.3, 0.4) is 0 Å². The summed E-state index contributed by atoms with van der Waals surface area (Å²) in [5, 5.41) is 5.97. The lowest BCUT2D eigenvalue weighted by atomic mass is 10.0. The second-order valence-corrected chi connectivity index (χ2v) is 7.29. The molecule has 0 spiro atoms. The first-order valence-electron chi connectivity index (χ1n) is 7.63. The van der Waals surface area contributed by atoms with Gasteiger partial charge < -0.3 is 11.1 Å². The Kier molecular flexibility index (Phi) is 4.49. The van der Waals surface area contributed by atoms with Crippen molar-refractivity contribution >= 4 is 86.7 Å². The van der Waals surface area contributed by atoms with Crippen LogP contribution < -0.4 is 11.1 Å². The van der Waals surface area contributed by atoms with E-state index in [9.17, 15) is 0 Å². The quantitative estimate of drug-likeness (QED) is 0.158. The van der Waals surface area contributed by atoms with Gasteiger partial charge in [0.2, 0.25) is 0 Å². The summed E-state index contributed by atoms with van der Waals surface area (Å²) < 4.78 is 0. The topological polar surface area (TPSA) is 50.4 Å². The fourth-order valence-electron chi connectivity index (χ4n) is 2.96. The van der Waals surface area contributed by atoms with E-state index >= 15 is 0 Å². The lowest BCUT2D eigenvalue weighted by Gasteiger charge is -2.12. The summed E-state index contributed by atoms with van der Waals surface area (Å²) in [6, 6.07) is 11.6. The molecular weight excluding hydrogens is 412 g/mol. The molecule has 0 saturated heterocycles. The van der Waals surface area contributed by atoms with Crippen LogP contribution in [0.4, 0.5) is 11.4 Å². The predicted octanol–water partition coefficient (Wildman–Crippen LogP) is 7.00. The number of benzene rings is 3. The van der Waals surface area contributed by atoms with Crippen LogP contribution in [0.1, 0.15) is 11.1 Å². The third kappa shape index (κ3) is 2.91. The molecule has 0 fully saturated rings. The van der Waals surface area contributed by atoms with Gasteiger partial charge in [0.15, 0.2) is 5.96 Å². The molecule has 3 N–H and O–H groups in total. The summed E-state index contributed by atoms with van der Waals surface area (Å²) in [5.74, 6) is 0.160. The molecule has 3 aromatic rings. The molecule has 3 nitrogen and oxygen atoms in total. The fourth-order valence-corrected chi connectivity index (χ4v) is 3.81. The highest BCUT2D eigenvalue weighted by molar-refractivity contribution is 6.52. The van der Waals surface area contributed by atoms with Gasteiger partial charge in [0.25, 0.3) is 0 Å². The summed E-state index contributed by atoms with van der Waals surface area (Å²) in [7, 11) is 0. The van der Waals surface area contributed by atoms with E-state index in [1.807, 2.05) is 24.3 Å². The first kappa shape index (κ1) is 17.5. The molecule has 0 aliphatic heterocycles. The van der Waals surface area contributed by atoms with Crippen molar-refractivity contribution in [3.63, 3.8) is 0 Å². The second kappa shape index (κ2) is 6.67. The van der Waals surface area contributed by atoms with E-state index in [1.54, 1.807) is 6.07 Å². The molecule has 26 heavy (non-hydrogen) atoms. The van der Waals surface area contributed by atoms with Crippen LogP contribution in [0.15, 0.2) is 41.4 Å². The molecule has 0 atom stereocenters. The molecular formula is C19H11Cl4N3. The summed E-state index contributed by atoms with van der Waals surface area (Å²) >= 11 is 24.3. The molecule has 0 saturated carbocycles. The van der Waals surface area contributed by atoms with Gasteiger partial charge in [0.05, 0.1) is 31.5 Å². The normalized spacial score (nSPS) is 12.8. The Hall–Kier alpha value is -1.91. The molecule has 1 aliphatic carbocycles. The zero-order chi connectivity index (χ0) is 18.4. The minimum absolute atomic E-state index is 0.160. The number of nitrogens with one attached hydrogen (secondary N) is 1. The number of hydrogen-bond donors (Lipinski definition) is 2. The summed E-state index contributed by atoms with van der Waals surface area (Å²) in [4.78, 5) is 4.49. The molecule has 0 unspecified atom stereocenters. The smallest absolute Gasteiger partial charge is 0.198 e. The fraction of sp³-hybridized carbons (Fsp3) is 0. The maximum Gasteiger partial charge on any atom is 0.198 e. The maximum atomic E-state index is 6.21. The minimum atomic E-state index is 0.160. The molecule has 130 valence electrons. The highest BCUT2D eigenvalue weighted by Gasteiger charge is 2.15. The number of hydrogen-bond acceptors (Lipinski definition) is 1. The number of nitrogens with zero attached hydrogens (tertiary/aromatic N) is 1. The SMILES string of the molecule is NC(=Nc1ccc2c3c(cccc13)C=C2)Nc1cc(Cl)c(Cl)c(Cl)c1Cl. The minimum Gasteiger partial charge on any atom is -0.369 e. The van der Waals surface area contributed by atoms with Crippen LogP contribution in [0.25, 0.3) is 22.9 Å². The standard InChI is InChI=1S/C19H11Cl4N3/c20-12-8-14(17(22)18(23)16(12)21)26-19(24)25-13-7-6-10-5-4-9-2-1-3-11(13)15(9)10/h1-8H,(H3,24,25,26). The summed E-state index contributed by atoms with van der Waals surface area (Å²) in [6.45, 7) is 0. The van der Waals surface area contributed by atoms with E-state index in [1.165, 1.54) is 11.1 Å². The third-order valence-corrected chi connectivity index (χ3v) is 5.88. The van der Waals surface area contributed by atoms with Crippen molar-refractivity contribution in [1.82, 2.24) is 0 Å². The van der Waals surface area contributed by atoms with E-state index < -0.39 is 0 Å². The first-order chi connectivity index (χ1) is 12.5. The lowest BCUT2D eigenvalue weighted by Crippen LogP contribution is -2.22. The Morgan fingerprint density at radius 3 is 2.38 bits per heavy atom. The number of nitrogens with two attached hydrogens (primary N) is 1. The van der Waals surface area contributed by atoms with Gasteiger partial charge >= 0.3 is 0 Å². The number of aliphatic imine (C=N–C) groups is 1. The van der Waals surface area contributed by atoms with Crippen molar-refractivity contribution < 1.29 is 0 Å². The monoisotopic (exact) mass is 421 g/mol. The molecule has 7 heteroatoms. The number of guanidine groups is 1. The molecule has 0 heterocycles. The molecule has 1 aliphatic rings. The van der Waals surface area contributed by atoms with Gasteiger partial charge in [-0.15, -0.1) is 0 Å². The molecule has 0 amide bonds. The molecule has 0 radical (unpaired) electrons. The van der Waals surface area contributed by atoms with Gasteiger partial charge in [-0.1, -0.05) is 82.8 Å². The van der Waals surface area contributed by atoms with Crippen LogP contribution in [-0.4, -0.2) is 5.96 Å². The second-order valence-electron chi connectivity index (χ2n) is 5.75. The Bertz CT molecular complexity index is 1110. The van der Waals surface area contributed by atoms with E-state index in [0.717, 1.165) is 16.5 Å². The van der Waals surface area contributed by atoms with E-state index in [4.69, 9.17) is 52.1 Å². The van der Waals surface area contributed by atoms with Crippen molar-refractivity contribution in [2.45, 2.75) is 0 Å². The van der Waals surface area contributed by atoms with Gasteiger partial charge in [-0.3, -0.25) is 0 Å². The number of halogens is 4. The van der Waals surface area contributed by atoms with Gasteiger partial charge in [-0.25, -0.2) is 4.99 Å².